The molecule has 5 nitrogen and oxygen atoms in total. The van der Waals surface area contributed by atoms with Crippen LogP contribution >= 0.6 is 0 Å². The molecule has 0 unspecified atom stereocenters. The van der Waals surface area contributed by atoms with Crippen molar-refractivity contribution < 1.29 is 4.79 Å². The highest BCUT2D eigenvalue weighted by molar-refractivity contribution is 5.92. The third kappa shape index (κ3) is 3.67. The lowest BCUT2D eigenvalue weighted by atomic mass is 10.1. The molecule has 3 rings (SSSR count). The highest BCUT2D eigenvalue weighted by Crippen LogP contribution is 2.19. The number of carbonyl (C=O) groups excluding carboxylic acids is 1. The van der Waals surface area contributed by atoms with Gasteiger partial charge < -0.3 is 10.2 Å². The molecule has 0 radical (unpaired) electrons. The Kier molecular flexibility index (Phi) is 4.28. The standard InChI is InChI=1S/C18H22N4O/c1-12-8-13(2)10-15(9-12)20-18-19-14(3)11-16(21-18)17(23)22-6-4-5-7-22/h8-11H,4-7H2,1-3H3,(H,19,20,21). The largest absolute Gasteiger partial charge is 0.337 e. The molecule has 1 amide bonds. The number of carbonyl (C=O) groups is 1. The number of hydrogen-bond donors (Lipinski definition) is 1. The molecular formula is C18H22N4O. The highest BCUT2D eigenvalue weighted by atomic mass is 16.2. The minimum atomic E-state index is -0.00327. The molecule has 2 heterocycles. The van der Waals surface area contributed by atoms with Crippen LogP contribution in [-0.2, 0) is 0 Å². The smallest absolute Gasteiger partial charge is 0.272 e. The van der Waals surface area contributed by atoms with Gasteiger partial charge in [0.25, 0.3) is 5.91 Å². The van der Waals surface area contributed by atoms with Gasteiger partial charge in [-0.25, -0.2) is 9.97 Å². The van der Waals surface area contributed by atoms with Crippen molar-refractivity contribution in [2.45, 2.75) is 33.6 Å². The molecule has 2 aromatic rings. The lowest BCUT2D eigenvalue weighted by Gasteiger charge is -2.15. The summed E-state index contributed by atoms with van der Waals surface area (Å²) in [5, 5.41) is 3.22. The van der Waals surface area contributed by atoms with Crippen molar-refractivity contribution in [3.63, 3.8) is 0 Å². The van der Waals surface area contributed by atoms with Crippen LogP contribution < -0.4 is 5.32 Å². The van der Waals surface area contributed by atoms with E-state index in [0.717, 1.165) is 37.3 Å². The summed E-state index contributed by atoms with van der Waals surface area (Å²) in [6.45, 7) is 7.63. The Labute approximate surface area is 136 Å². The summed E-state index contributed by atoms with van der Waals surface area (Å²) in [5.74, 6) is 0.467. The zero-order valence-corrected chi connectivity index (χ0v) is 13.9. The maximum absolute atomic E-state index is 12.5. The van der Waals surface area contributed by atoms with Crippen molar-refractivity contribution in [1.82, 2.24) is 14.9 Å². The van der Waals surface area contributed by atoms with Gasteiger partial charge >= 0.3 is 0 Å². The molecule has 1 aliphatic heterocycles. The predicted octanol–water partition coefficient (Wildman–Crippen LogP) is 3.38. The van der Waals surface area contributed by atoms with Gasteiger partial charge in [0.15, 0.2) is 0 Å². The maximum atomic E-state index is 12.5. The summed E-state index contributed by atoms with van der Waals surface area (Å²) in [5.41, 5.74) is 4.54. The van der Waals surface area contributed by atoms with E-state index in [1.54, 1.807) is 6.07 Å². The van der Waals surface area contributed by atoms with Gasteiger partial charge in [0.2, 0.25) is 5.95 Å². The van der Waals surface area contributed by atoms with Gasteiger partial charge in [-0.2, -0.15) is 0 Å². The zero-order chi connectivity index (χ0) is 16.4. The van der Waals surface area contributed by atoms with E-state index in [1.165, 1.54) is 11.1 Å². The zero-order valence-electron chi connectivity index (χ0n) is 13.9. The van der Waals surface area contributed by atoms with Crippen LogP contribution in [0.15, 0.2) is 24.3 Å². The van der Waals surface area contributed by atoms with Crippen molar-refractivity contribution in [2.24, 2.45) is 0 Å². The Morgan fingerprint density at radius 3 is 2.30 bits per heavy atom. The minimum absolute atomic E-state index is 0.00327. The van der Waals surface area contributed by atoms with Gasteiger partial charge in [0.05, 0.1) is 0 Å². The SMILES string of the molecule is Cc1cc(C)cc(Nc2nc(C)cc(C(=O)N3CCCC3)n2)c1. The Hall–Kier alpha value is -2.43. The van der Waals surface area contributed by atoms with Crippen LogP contribution in [0.2, 0.25) is 0 Å². The number of benzene rings is 1. The molecule has 0 bridgehead atoms. The minimum Gasteiger partial charge on any atom is -0.337 e. The monoisotopic (exact) mass is 310 g/mol. The van der Waals surface area contributed by atoms with E-state index in [-0.39, 0.29) is 5.91 Å². The van der Waals surface area contributed by atoms with Crippen LogP contribution in [0.3, 0.4) is 0 Å². The lowest BCUT2D eigenvalue weighted by Crippen LogP contribution is -2.28. The number of rotatable bonds is 3. The van der Waals surface area contributed by atoms with Crippen LogP contribution in [-0.4, -0.2) is 33.9 Å². The summed E-state index contributed by atoms with van der Waals surface area (Å²) in [6.07, 6.45) is 2.15. The first-order valence-corrected chi connectivity index (χ1v) is 8.01. The van der Waals surface area contributed by atoms with E-state index < -0.39 is 0 Å². The number of anilines is 2. The fraction of sp³-hybridized carbons (Fsp3) is 0.389. The summed E-state index contributed by atoms with van der Waals surface area (Å²) >= 11 is 0. The average Bonchev–Trinajstić information content (AvgIpc) is 2.98. The normalized spacial score (nSPS) is 14.1. The molecule has 0 aliphatic carbocycles. The lowest BCUT2D eigenvalue weighted by molar-refractivity contribution is 0.0787. The molecule has 1 fully saturated rings. The van der Waals surface area contributed by atoms with E-state index >= 15 is 0 Å². The quantitative estimate of drug-likeness (QED) is 0.944. The Bertz CT molecular complexity index is 716. The van der Waals surface area contributed by atoms with Gasteiger partial charge in [-0.1, -0.05) is 6.07 Å². The predicted molar refractivity (Wildman–Crippen MR) is 91.1 cm³/mol. The summed E-state index contributed by atoms with van der Waals surface area (Å²) in [7, 11) is 0. The van der Waals surface area contributed by atoms with Crippen LogP contribution in [0.5, 0.6) is 0 Å². The third-order valence-corrected chi connectivity index (χ3v) is 3.94. The van der Waals surface area contributed by atoms with E-state index in [4.69, 9.17) is 0 Å². The first-order chi connectivity index (χ1) is 11.0. The number of likely N-dealkylation sites (tertiary alicyclic amines) is 1. The topological polar surface area (TPSA) is 58.1 Å². The molecule has 0 spiro atoms. The second kappa shape index (κ2) is 6.36. The summed E-state index contributed by atoms with van der Waals surface area (Å²) in [6, 6.07) is 7.96. The fourth-order valence-electron chi connectivity index (χ4n) is 2.99. The summed E-state index contributed by atoms with van der Waals surface area (Å²) < 4.78 is 0. The van der Waals surface area contributed by atoms with Crippen molar-refractivity contribution in [2.75, 3.05) is 18.4 Å². The van der Waals surface area contributed by atoms with E-state index in [9.17, 15) is 4.79 Å². The van der Waals surface area contributed by atoms with Gasteiger partial charge in [-0.3, -0.25) is 4.79 Å². The molecule has 120 valence electrons. The van der Waals surface area contributed by atoms with Crippen molar-refractivity contribution >= 4 is 17.5 Å². The number of nitrogens with one attached hydrogen (secondary N) is 1. The number of aryl methyl sites for hydroxylation is 3. The molecule has 5 heteroatoms. The van der Waals surface area contributed by atoms with Crippen LogP contribution in [0, 0.1) is 20.8 Å². The number of amides is 1. The molecule has 1 aromatic carbocycles. The van der Waals surface area contributed by atoms with E-state index in [1.807, 2.05) is 24.0 Å². The Balaban J connectivity index is 1.86. The fourth-order valence-corrected chi connectivity index (χ4v) is 2.99. The molecule has 23 heavy (non-hydrogen) atoms. The molecule has 1 aliphatic rings. The van der Waals surface area contributed by atoms with Gasteiger partial charge in [0, 0.05) is 24.5 Å². The van der Waals surface area contributed by atoms with E-state index in [2.05, 4.69) is 35.2 Å². The molecule has 1 N–H and O–H groups in total. The molecule has 1 saturated heterocycles. The number of aromatic nitrogens is 2. The van der Waals surface area contributed by atoms with Crippen LogP contribution in [0.1, 0.15) is 40.2 Å². The van der Waals surface area contributed by atoms with Crippen molar-refractivity contribution in [3.05, 3.63) is 46.8 Å². The van der Waals surface area contributed by atoms with Crippen LogP contribution in [0.4, 0.5) is 11.6 Å². The van der Waals surface area contributed by atoms with Gasteiger partial charge in [-0.15, -0.1) is 0 Å². The molecule has 0 atom stereocenters. The number of hydrogen-bond acceptors (Lipinski definition) is 4. The third-order valence-electron chi connectivity index (χ3n) is 3.94. The van der Waals surface area contributed by atoms with Crippen LogP contribution in [0.25, 0.3) is 0 Å². The molecule has 1 aromatic heterocycles. The second-order valence-corrected chi connectivity index (χ2v) is 6.22. The van der Waals surface area contributed by atoms with Gasteiger partial charge in [-0.05, 0) is 62.9 Å². The first kappa shape index (κ1) is 15.5. The highest BCUT2D eigenvalue weighted by Gasteiger charge is 2.21. The summed E-state index contributed by atoms with van der Waals surface area (Å²) in [4.78, 5) is 23.2. The van der Waals surface area contributed by atoms with E-state index in [0.29, 0.717) is 11.6 Å². The Morgan fingerprint density at radius 2 is 1.65 bits per heavy atom. The van der Waals surface area contributed by atoms with Gasteiger partial charge in [0.1, 0.15) is 5.69 Å². The average molecular weight is 310 g/mol. The Morgan fingerprint density at radius 1 is 1.00 bits per heavy atom. The molecular weight excluding hydrogens is 288 g/mol. The maximum Gasteiger partial charge on any atom is 0.272 e. The first-order valence-electron chi connectivity index (χ1n) is 8.01. The number of nitrogens with zero attached hydrogens (tertiary/aromatic N) is 3. The second-order valence-electron chi connectivity index (χ2n) is 6.22. The van der Waals surface area contributed by atoms with Crippen molar-refractivity contribution in [1.29, 1.82) is 0 Å². The molecule has 0 saturated carbocycles. The van der Waals surface area contributed by atoms with Crippen molar-refractivity contribution in [3.8, 4) is 0 Å².